The molecular weight excluding hydrogens is 602 g/mol. The molecule has 208 valence electrons. The second-order valence-corrected chi connectivity index (χ2v) is 25.5. The molecule has 3 rings (SSSR count). The summed E-state index contributed by atoms with van der Waals surface area (Å²) in [7, 11) is -5.09. The van der Waals surface area contributed by atoms with Crippen LogP contribution in [0.4, 0.5) is 5.69 Å². The lowest BCUT2D eigenvalue weighted by Crippen LogP contribution is -2.35. The molecule has 0 bridgehead atoms. The predicted molar refractivity (Wildman–Crippen MR) is 160 cm³/mol. The van der Waals surface area contributed by atoms with Gasteiger partial charge in [-0.25, -0.2) is 9.29 Å². The van der Waals surface area contributed by atoms with Gasteiger partial charge in [0.15, 0.2) is 9.76 Å². The molecule has 0 saturated heterocycles. The first-order chi connectivity index (χ1) is 17.7. The van der Waals surface area contributed by atoms with Gasteiger partial charge in [-0.15, -0.1) is 0 Å². The Labute approximate surface area is 236 Å². The Balaban J connectivity index is 2.08. The minimum Gasteiger partial charge on any atom is -0.361 e. The minimum absolute atomic E-state index is 0.0279. The molecule has 0 N–H and O–H groups in total. The first-order valence-corrected chi connectivity index (χ1v) is 22.2. The zero-order valence-corrected chi connectivity index (χ0v) is 27.7. The molecule has 9 nitrogen and oxygen atoms in total. The number of aromatic nitrogens is 3. The highest BCUT2D eigenvalue weighted by molar-refractivity contribution is 9.10. The van der Waals surface area contributed by atoms with Crippen molar-refractivity contribution in [3.05, 3.63) is 40.9 Å². The van der Waals surface area contributed by atoms with Crippen LogP contribution in [0.15, 0.2) is 40.4 Å². The van der Waals surface area contributed by atoms with E-state index in [4.69, 9.17) is 9.47 Å². The average Bonchev–Trinajstić information content (AvgIpc) is 3.35. The fourth-order valence-electron chi connectivity index (χ4n) is 3.79. The molecule has 0 atom stereocenters. The largest absolute Gasteiger partial charge is 0.361 e. The molecule has 0 spiro atoms. The molecule has 3 aromatic rings. The van der Waals surface area contributed by atoms with Gasteiger partial charge in [0.1, 0.15) is 19.5 Å². The summed E-state index contributed by atoms with van der Waals surface area (Å²) in [6.07, 6.45) is 3.05. The van der Waals surface area contributed by atoms with Crippen LogP contribution in [0, 0.1) is 11.3 Å². The van der Waals surface area contributed by atoms with Crippen molar-refractivity contribution in [1.29, 1.82) is 5.26 Å². The van der Waals surface area contributed by atoms with Crippen LogP contribution in [0.1, 0.15) is 5.56 Å². The normalized spacial score (nSPS) is 12.7. The molecule has 2 aromatic heterocycles. The molecule has 2 heterocycles. The first-order valence-electron chi connectivity index (χ1n) is 12.5. The average molecular weight is 641 g/mol. The molecule has 13 heteroatoms. The fraction of sp³-hybridized carbons (Fsp3) is 0.520. The third-order valence-corrected chi connectivity index (χ3v) is 12.1. The highest BCUT2D eigenvalue weighted by Crippen LogP contribution is 2.34. The molecular formula is C25H38BrN5O4SSi2. The Hall–Kier alpha value is -1.96. The van der Waals surface area contributed by atoms with E-state index in [0.29, 0.717) is 40.1 Å². The number of sulfonamides is 1. The third-order valence-electron chi connectivity index (χ3n) is 6.14. The molecule has 0 saturated carbocycles. The summed E-state index contributed by atoms with van der Waals surface area (Å²) in [4.78, 5) is 4.13. The summed E-state index contributed by atoms with van der Waals surface area (Å²) < 4.78 is 45.0. The molecule has 0 fully saturated rings. The van der Waals surface area contributed by atoms with Gasteiger partial charge in [0, 0.05) is 48.0 Å². The van der Waals surface area contributed by atoms with Gasteiger partial charge in [-0.05, 0) is 34.1 Å². The van der Waals surface area contributed by atoms with Crippen LogP contribution in [0.5, 0.6) is 0 Å². The molecule has 1 aromatic carbocycles. The Kier molecular flexibility index (Phi) is 9.70. The van der Waals surface area contributed by atoms with E-state index in [2.05, 4.69) is 66.3 Å². The van der Waals surface area contributed by atoms with Crippen molar-refractivity contribution in [3.63, 3.8) is 0 Å². The Bertz CT molecular complexity index is 1420. The molecule has 0 amide bonds. The van der Waals surface area contributed by atoms with E-state index >= 15 is 0 Å². The number of hydrogen-bond donors (Lipinski definition) is 0. The van der Waals surface area contributed by atoms with Crippen LogP contribution in [0.25, 0.3) is 10.9 Å². The summed E-state index contributed by atoms with van der Waals surface area (Å²) in [5, 5.41) is 10.5. The lowest BCUT2D eigenvalue weighted by Gasteiger charge is -2.26. The summed E-state index contributed by atoms with van der Waals surface area (Å²) in [5.41, 5.74) is 1.48. The van der Waals surface area contributed by atoms with E-state index in [0.717, 1.165) is 12.1 Å². The van der Waals surface area contributed by atoms with Crippen LogP contribution in [-0.4, -0.2) is 58.6 Å². The minimum atomic E-state index is -4.07. The van der Waals surface area contributed by atoms with Crippen LogP contribution < -0.4 is 4.31 Å². The molecule has 0 aliphatic carbocycles. The lowest BCUT2D eigenvalue weighted by atomic mass is 10.1. The maximum absolute atomic E-state index is 14.0. The number of rotatable bonds is 13. The van der Waals surface area contributed by atoms with Crippen LogP contribution >= 0.6 is 15.9 Å². The maximum Gasteiger partial charge on any atom is 0.283 e. The Morgan fingerprint density at radius 3 is 2.26 bits per heavy atom. The van der Waals surface area contributed by atoms with Gasteiger partial charge < -0.3 is 18.6 Å². The summed E-state index contributed by atoms with van der Waals surface area (Å²) in [6, 6.07) is 9.48. The van der Waals surface area contributed by atoms with Gasteiger partial charge in [-0.3, -0.25) is 0 Å². The van der Waals surface area contributed by atoms with Crippen LogP contribution in [-0.2, 0) is 33.3 Å². The quantitative estimate of drug-likeness (QED) is 0.132. The fourth-order valence-corrected chi connectivity index (χ4v) is 7.18. The number of benzene rings is 1. The zero-order chi connectivity index (χ0) is 28.3. The van der Waals surface area contributed by atoms with Crippen molar-refractivity contribution >= 4 is 58.7 Å². The number of fused-ring (bicyclic) bond motifs is 1. The second-order valence-electron chi connectivity index (χ2n) is 11.8. The number of ether oxygens (including phenoxy) is 2. The van der Waals surface area contributed by atoms with E-state index in [1.165, 1.54) is 15.1 Å². The van der Waals surface area contributed by atoms with Crippen molar-refractivity contribution in [3.8, 4) is 6.07 Å². The van der Waals surface area contributed by atoms with Gasteiger partial charge in [0.25, 0.3) is 10.0 Å². The van der Waals surface area contributed by atoms with E-state index in [-0.39, 0.29) is 18.5 Å². The van der Waals surface area contributed by atoms with Crippen LogP contribution in [0.2, 0.25) is 51.4 Å². The number of nitriles is 1. The highest BCUT2D eigenvalue weighted by atomic mass is 79.9. The molecule has 0 radical (unpaired) electrons. The Morgan fingerprint density at radius 2 is 1.71 bits per heavy atom. The smallest absolute Gasteiger partial charge is 0.283 e. The maximum atomic E-state index is 14.0. The number of imidazole rings is 1. The lowest BCUT2D eigenvalue weighted by molar-refractivity contribution is 0.0902. The predicted octanol–water partition coefficient (Wildman–Crippen LogP) is 5.83. The third kappa shape index (κ3) is 7.36. The molecule has 0 aliphatic heterocycles. The van der Waals surface area contributed by atoms with E-state index in [1.807, 2.05) is 10.6 Å². The monoisotopic (exact) mass is 639 g/mol. The molecule has 0 unspecified atom stereocenters. The highest BCUT2D eigenvalue weighted by Gasteiger charge is 2.31. The van der Waals surface area contributed by atoms with Crippen molar-refractivity contribution in [2.75, 3.05) is 24.2 Å². The van der Waals surface area contributed by atoms with Gasteiger partial charge in [-0.1, -0.05) is 51.4 Å². The number of anilines is 1. The van der Waals surface area contributed by atoms with Crippen molar-refractivity contribution in [2.24, 2.45) is 7.05 Å². The zero-order valence-electron chi connectivity index (χ0n) is 23.3. The topological polar surface area (TPSA) is 102 Å². The number of hydrogen-bond acceptors (Lipinski definition) is 6. The summed E-state index contributed by atoms with van der Waals surface area (Å²) >= 11 is 3.30. The summed E-state index contributed by atoms with van der Waals surface area (Å²) in [6.45, 7) is 14.7. The van der Waals surface area contributed by atoms with Gasteiger partial charge in [0.2, 0.25) is 0 Å². The molecule has 38 heavy (non-hydrogen) atoms. The number of halogens is 1. The SMILES string of the molecule is Cn1c(S(=O)(=O)N(COCC[Si](C)(C)C)c2cccc3c(C#N)cn(COCC[Si](C)(C)C)c23)cnc1Br. The molecule has 0 aliphatic rings. The number of para-hydroxylation sites is 1. The van der Waals surface area contributed by atoms with Crippen molar-refractivity contribution < 1.29 is 17.9 Å². The number of nitrogens with zero attached hydrogens (tertiary/aromatic N) is 5. The van der Waals surface area contributed by atoms with Crippen LogP contribution in [0.3, 0.4) is 0 Å². The van der Waals surface area contributed by atoms with Gasteiger partial charge in [0.05, 0.1) is 23.0 Å². The first kappa shape index (κ1) is 30.6. The van der Waals surface area contributed by atoms with Gasteiger partial charge in [-0.2, -0.15) is 13.7 Å². The van der Waals surface area contributed by atoms with Crippen molar-refractivity contribution in [1.82, 2.24) is 14.1 Å². The standard InChI is InChI=1S/C25H38BrN5O4SSi2/c1-29-23(16-28-25(29)26)36(32,33)31(19-35-12-14-38(5,6)7)22-10-8-9-21-20(15-27)17-30(24(21)22)18-34-11-13-37(2,3)4/h8-10,16-17H,11-14,18-19H2,1-7H3. The van der Waals surface area contributed by atoms with Gasteiger partial charge >= 0.3 is 0 Å². The Morgan fingerprint density at radius 1 is 1.08 bits per heavy atom. The van der Waals surface area contributed by atoms with E-state index in [1.54, 1.807) is 25.4 Å². The second kappa shape index (κ2) is 12.1. The van der Waals surface area contributed by atoms with E-state index in [9.17, 15) is 13.7 Å². The van der Waals surface area contributed by atoms with Crippen molar-refractivity contribution in [2.45, 2.75) is 63.1 Å². The summed E-state index contributed by atoms with van der Waals surface area (Å²) in [5.74, 6) is 0. The van der Waals surface area contributed by atoms with E-state index < -0.39 is 26.2 Å².